The quantitative estimate of drug-likeness (QED) is 0.830. The molecule has 0 aliphatic carbocycles. The van der Waals surface area contributed by atoms with E-state index >= 15 is 0 Å². The highest BCUT2D eigenvalue weighted by molar-refractivity contribution is 6.30. The smallest absolute Gasteiger partial charge is 0.335 e. The van der Waals surface area contributed by atoms with Gasteiger partial charge in [0, 0.05) is 35.2 Å². The number of carbonyl (C=O) groups is 3. The van der Waals surface area contributed by atoms with E-state index in [1.54, 1.807) is 29.2 Å². The van der Waals surface area contributed by atoms with Crippen LogP contribution in [0.25, 0.3) is 0 Å². The lowest BCUT2D eigenvalue weighted by Gasteiger charge is -2.31. The Morgan fingerprint density at radius 1 is 0.846 bits per heavy atom. The number of likely N-dealkylation sites (tertiary alicyclic amines) is 1. The molecular weight excluding hydrogens is 354 g/mol. The van der Waals surface area contributed by atoms with Crippen LogP contribution in [-0.4, -0.2) is 40.8 Å². The number of nitrogens with zero attached hydrogens (tertiary/aromatic N) is 1. The van der Waals surface area contributed by atoms with Gasteiger partial charge >= 0.3 is 5.97 Å². The topological polar surface area (TPSA) is 74.7 Å². The Morgan fingerprint density at radius 2 is 1.35 bits per heavy atom. The Balaban J connectivity index is 1.60. The van der Waals surface area contributed by atoms with E-state index in [1.165, 1.54) is 24.3 Å². The number of carboxylic acid groups (broad SMARTS) is 1. The maximum Gasteiger partial charge on any atom is 0.335 e. The maximum absolute atomic E-state index is 12.6. The normalized spacial score (nSPS) is 14.9. The van der Waals surface area contributed by atoms with Crippen molar-refractivity contribution in [1.29, 1.82) is 0 Å². The summed E-state index contributed by atoms with van der Waals surface area (Å²) in [5, 5.41) is 9.51. The van der Waals surface area contributed by atoms with Crippen molar-refractivity contribution in [2.24, 2.45) is 5.92 Å². The van der Waals surface area contributed by atoms with E-state index < -0.39 is 5.97 Å². The molecule has 26 heavy (non-hydrogen) atoms. The average Bonchev–Trinajstić information content (AvgIpc) is 2.67. The first-order valence-corrected chi connectivity index (χ1v) is 8.76. The van der Waals surface area contributed by atoms with Gasteiger partial charge in [-0.2, -0.15) is 0 Å². The van der Waals surface area contributed by atoms with Crippen LogP contribution in [0, 0.1) is 5.92 Å². The first-order chi connectivity index (χ1) is 12.5. The first-order valence-electron chi connectivity index (χ1n) is 8.38. The summed E-state index contributed by atoms with van der Waals surface area (Å²) in [5.74, 6) is -1.18. The summed E-state index contributed by atoms with van der Waals surface area (Å²) in [6.45, 7) is 1.01. The highest BCUT2D eigenvalue weighted by Crippen LogP contribution is 2.24. The lowest BCUT2D eigenvalue weighted by Crippen LogP contribution is -2.40. The number of hydrogen-bond acceptors (Lipinski definition) is 3. The predicted molar refractivity (Wildman–Crippen MR) is 97.8 cm³/mol. The van der Waals surface area contributed by atoms with Crippen LogP contribution in [0.5, 0.6) is 0 Å². The van der Waals surface area contributed by atoms with Crippen LogP contribution in [0.2, 0.25) is 5.02 Å². The summed E-state index contributed by atoms with van der Waals surface area (Å²) in [6, 6.07) is 12.8. The molecule has 1 N–H and O–H groups in total. The Morgan fingerprint density at radius 3 is 1.88 bits per heavy atom. The maximum atomic E-state index is 12.6. The number of amides is 1. The van der Waals surface area contributed by atoms with E-state index in [-0.39, 0.29) is 23.2 Å². The number of halogens is 1. The van der Waals surface area contributed by atoms with Crippen LogP contribution in [-0.2, 0) is 0 Å². The van der Waals surface area contributed by atoms with E-state index in [9.17, 15) is 14.4 Å². The van der Waals surface area contributed by atoms with Gasteiger partial charge in [0.1, 0.15) is 0 Å². The van der Waals surface area contributed by atoms with E-state index in [1.807, 2.05) is 0 Å². The molecule has 3 rings (SSSR count). The number of benzene rings is 2. The second-order valence-corrected chi connectivity index (χ2v) is 6.76. The van der Waals surface area contributed by atoms with Gasteiger partial charge in [-0.25, -0.2) is 4.79 Å². The molecule has 1 aliphatic heterocycles. The van der Waals surface area contributed by atoms with Crippen LogP contribution >= 0.6 is 11.6 Å². The van der Waals surface area contributed by atoms with Crippen LogP contribution in [0.4, 0.5) is 0 Å². The highest BCUT2D eigenvalue weighted by Gasteiger charge is 2.28. The number of aromatic carboxylic acids is 1. The van der Waals surface area contributed by atoms with Gasteiger partial charge in [0.05, 0.1) is 5.56 Å². The minimum Gasteiger partial charge on any atom is -0.478 e. The van der Waals surface area contributed by atoms with Gasteiger partial charge in [0.15, 0.2) is 5.78 Å². The predicted octanol–water partition coefficient (Wildman–Crippen LogP) is 3.77. The monoisotopic (exact) mass is 371 g/mol. The first kappa shape index (κ1) is 18.1. The second-order valence-electron chi connectivity index (χ2n) is 6.32. The standard InChI is InChI=1S/C20H18ClNO4/c21-17-7-5-13(6-8-17)18(23)14-9-11-22(12-10-14)19(24)15-1-3-16(4-2-15)20(25)26/h1-8,14H,9-12H2,(H,25,26). The fourth-order valence-corrected chi connectivity index (χ4v) is 3.26. The average molecular weight is 372 g/mol. The van der Waals surface area contributed by atoms with Crippen LogP contribution < -0.4 is 0 Å². The molecule has 6 heteroatoms. The lowest BCUT2D eigenvalue weighted by atomic mass is 9.88. The van der Waals surface area contributed by atoms with Crippen molar-refractivity contribution in [1.82, 2.24) is 4.90 Å². The zero-order valence-corrected chi connectivity index (χ0v) is 14.8. The Bertz CT molecular complexity index is 822. The molecule has 1 amide bonds. The number of hydrogen-bond donors (Lipinski definition) is 1. The summed E-state index contributed by atoms with van der Waals surface area (Å²) in [4.78, 5) is 37.7. The number of Topliss-reactive ketones (excluding diaryl/α,β-unsaturated/α-hetero) is 1. The van der Waals surface area contributed by atoms with Crippen molar-refractivity contribution in [3.63, 3.8) is 0 Å². The Kier molecular flexibility index (Phi) is 5.38. The van der Waals surface area contributed by atoms with Gasteiger partial charge in [0.2, 0.25) is 0 Å². The van der Waals surface area contributed by atoms with Gasteiger partial charge in [-0.3, -0.25) is 9.59 Å². The number of ketones is 1. The Hall–Kier alpha value is -2.66. The van der Waals surface area contributed by atoms with Crippen LogP contribution in [0.3, 0.4) is 0 Å². The van der Waals surface area contributed by atoms with Gasteiger partial charge in [-0.15, -0.1) is 0 Å². The molecule has 2 aromatic carbocycles. The van der Waals surface area contributed by atoms with Crippen molar-refractivity contribution < 1.29 is 19.5 Å². The second kappa shape index (κ2) is 7.70. The van der Waals surface area contributed by atoms with Crippen molar-refractivity contribution in [3.8, 4) is 0 Å². The largest absolute Gasteiger partial charge is 0.478 e. The fourth-order valence-electron chi connectivity index (χ4n) is 3.13. The molecule has 0 unspecified atom stereocenters. The molecule has 5 nitrogen and oxygen atoms in total. The molecule has 134 valence electrons. The van der Waals surface area contributed by atoms with Gasteiger partial charge in [-0.1, -0.05) is 11.6 Å². The van der Waals surface area contributed by atoms with Crippen molar-refractivity contribution in [3.05, 3.63) is 70.2 Å². The molecule has 0 bridgehead atoms. The number of piperidine rings is 1. The molecule has 2 aromatic rings. The third-order valence-corrected chi connectivity index (χ3v) is 4.91. The molecule has 0 aromatic heterocycles. The molecule has 1 heterocycles. The fraction of sp³-hybridized carbons (Fsp3) is 0.250. The van der Waals surface area contributed by atoms with E-state index in [4.69, 9.17) is 16.7 Å². The SMILES string of the molecule is O=C(O)c1ccc(C(=O)N2CCC(C(=O)c3ccc(Cl)cc3)CC2)cc1. The molecule has 0 saturated carbocycles. The summed E-state index contributed by atoms with van der Waals surface area (Å²) >= 11 is 5.85. The summed E-state index contributed by atoms with van der Waals surface area (Å²) in [5.41, 5.74) is 1.25. The van der Waals surface area contributed by atoms with E-state index in [2.05, 4.69) is 0 Å². The van der Waals surface area contributed by atoms with Crippen molar-refractivity contribution >= 4 is 29.3 Å². The lowest BCUT2D eigenvalue weighted by molar-refractivity contribution is 0.0649. The molecule has 0 spiro atoms. The molecular formula is C20H18ClNO4. The van der Waals surface area contributed by atoms with Crippen LogP contribution in [0.15, 0.2) is 48.5 Å². The zero-order chi connectivity index (χ0) is 18.7. The minimum absolute atomic E-state index is 0.0829. The van der Waals surface area contributed by atoms with Crippen molar-refractivity contribution in [2.75, 3.05) is 13.1 Å². The molecule has 1 saturated heterocycles. The van der Waals surface area contributed by atoms with E-state index in [0.29, 0.717) is 42.1 Å². The third-order valence-electron chi connectivity index (χ3n) is 4.66. The van der Waals surface area contributed by atoms with Gasteiger partial charge < -0.3 is 10.0 Å². The molecule has 0 atom stereocenters. The van der Waals surface area contributed by atoms with Gasteiger partial charge in [-0.05, 0) is 61.4 Å². The summed E-state index contributed by atoms with van der Waals surface area (Å²) < 4.78 is 0. The third kappa shape index (κ3) is 3.94. The van der Waals surface area contributed by atoms with Crippen molar-refractivity contribution in [2.45, 2.75) is 12.8 Å². The molecule has 0 radical (unpaired) electrons. The van der Waals surface area contributed by atoms with Gasteiger partial charge in [0.25, 0.3) is 5.91 Å². The summed E-state index contributed by atoms with van der Waals surface area (Å²) in [7, 11) is 0. The molecule has 1 aliphatic rings. The number of carboxylic acids is 1. The molecule has 1 fully saturated rings. The number of carbonyl (C=O) groups excluding carboxylic acids is 2. The van der Waals surface area contributed by atoms with Crippen LogP contribution in [0.1, 0.15) is 43.9 Å². The minimum atomic E-state index is -1.02. The Labute approximate surface area is 156 Å². The summed E-state index contributed by atoms with van der Waals surface area (Å²) in [6.07, 6.45) is 1.22. The zero-order valence-electron chi connectivity index (χ0n) is 14.0. The van der Waals surface area contributed by atoms with E-state index in [0.717, 1.165) is 0 Å². The highest BCUT2D eigenvalue weighted by atomic mass is 35.5. The number of rotatable bonds is 4.